The molecule has 1 aromatic carbocycles. The number of fused-ring (bicyclic) bond motifs is 1. The smallest absolute Gasteiger partial charge is 0.245 e. The zero-order valence-corrected chi connectivity index (χ0v) is 19.1. The molecule has 1 aliphatic heterocycles. The molecule has 3 aromatic heterocycles. The SMILES string of the molecule is CCn1ncc(-c2nc3c(O[C@H]4CCN(C(C)c5ccccc5)C4)ncnc3n2C)c1C. The molecule has 0 aliphatic carbocycles. The Morgan fingerprint density at radius 2 is 2.00 bits per heavy atom. The van der Waals surface area contributed by atoms with Gasteiger partial charge < -0.3 is 9.30 Å². The van der Waals surface area contributed by atoms with E-state index in [1.165, 1.54) is 5.56 Å². The van der Waals surface area contributed by atoms with Crippen LogP contribution < -0.4 is 4.74 Å². The third-order valence-electron chi connectivity index (χ3n) is 6.55. The summed E-state index contributed by atoms with van der Waals surface area (Å²) in [6, 6.07) is 11.0. The number of rotatable bonds is 6. The number of aryl methyl sites for hydroxylation is 2. The minimum atomic E-state index is 0.0781. The Bertz CT molecular complexity index is 1230. The standard InChI is InChI=1S/C24H29N7O/c1-5-31-17(3)20(13-27-31)22-28-21-23(29(22)4)25-15-26-24(21)32-19-11-12-30(14-19)16(2)18-9-7-6-8-10-18/h6-10,13,15-16,19H,5,11-12,14H2,1-4H3/t16?,19-/m0/s1. The zero-order valence-electron chi connectivity index (χ0n) is 19.1. The van der Waals surface area contributed by atoms with Crippen LogP contribution in [0, 0.1) is 6.92 Å². The van der Waals surface area contributed by atoms with E-state index < -0.39 is 0 Å². The van der Waals surface area contributed by atoms with Gasteiger partial charge in [-0.2, -0.15) is 10.1 Å². The quantitative estimate of drug-likeness (QED) is 0.463. The number of imidazole rings is 1. The predicted molar refractivity (Wildman–Crippen MR) is 123 cm³/mol. The van der Waals surface area contributed by atoms with Crippen molar-refractivity contribution in [2.24, 2.45) is 7.05 Å². The van der Waals surface area contributed by atoms with Gasteiger partial charge in [0.1, 0.15) is 18.3 Å². The number of aromatic nitrogens is 6. The lowest BCUT2D eigenvalue weighted by atomic mass is 10.1. The lowest BCUT2D eigenvalue weighted by Gasteiger charge is -2.24. The van der Waals surface area contributed by atoms with E-state index in [-0.39, 0.29) is 6.10 Å². The molecule has 0 amide bonds. The summed E-state index contributed by atoms with van der Waals surface area (Å²) in [6.45, 7) is 9.09. The van der Waals surface area contributed by atoms with Gasteiger partial charge in [0, 0.05) is 38.4 Å². The average molecular weight is 432 g/mol. The highest BCUT2D eigenvalue weighted by molar-refractivity contribution is 5.81. The van der Waals surface area contributed by atoms with Crippen LogP contribution in [-0.4, -0.2) is 53.4 Å². The third-order valence-corrected chi connectivity index (χ3v) is 6.55. The van der Waals surface area contributed by atoms with Crippen molar-refractivity contribution < 1.29 is 4.74 Å². The molecule has 8 heteroatoms. The predicted octanol–water partition coefficient (Wildman–Crippen LogP) is 3.77. The fourth-order valence-electron chi connectivity index (χ4n) is 4.59. The van der Waals surface area contributed by atoms with Crippen molar-refractivity contribution in [2.45, 2.75) is 45.9 Å². The van der Waals surface area contributed by atoms with Gasteiger partial charge >= 0.3 is 0 Å². The van der Waals surface area contributed by atoms with Crippen LogP contribution >= 0.6 is 0 Å². The van der Waals surface area contributed by atoms with Gasteiger partial charge in [-0.1, -0.05) is 30.3 Å². The lowest BCUT2D eigenvalue weighted by molar-refractivity contribution is 0.179. The number of hydrogen-bond acceptors (Lipinski definition) is 6. The maximum Gasteiger partial charge on any atom is 0.245 e. The van der Waals surface area contributed by atoms with E-state index >= 15 is 0 Å². The maximum atomic E-state index is 6.38. The Morgan fingerprint density at radius 1 is 1.19 bits per heavy atom. The minimum Gasteiger partial charge on any atom is -0.471 e. The van der Waals surface area contributed by atoms with E-state index in [2.05, 4.69) is 71.1 Å². The maximum absolute atomic E-state index is 6.38. The molecule has 1 fully saturated rings. The fraction of sp³-hybridized carbons (Fsp3) is 0.417. The number of benzene rings is 1. The van der Waals surface area contributed by atoms with Crippen LogP contribution in [0.25, 0.3) is 22.6 Å². The van der Waals surface area contributed by atoms with E-state index in [0.29, 0.717) is 17.4 Å². The van der Waals surface area contributed by atoms with Crippen molar-refractivity contribution in [1.29, 1.82) is 0 Å². The van der Waals surface area contributed by atoms with Crippen LogP contribution in [0.15, 0.2) is 42.9 Å². The van der Waals surface area contributed by atoms with Crippen LogP contribution in [0.3, 0.4) is 0 Å². The van der Waals surface area contributed by atoms with Gasteiger partial charge in [-0.3, -0.25) is 9.58 Å². The van der Waals surface area contributed by atoms with Gasteiger partial charge in [-0.05, 0) is 32.8 Å². The molecular formula is C24H29N7O. The van der Waals surface area contributed by atoms with Crippen molar-refractivity contribution in [1.82, 2.24) is 34.2 Å². The largest absolute Gasteiger partial charge is 0.471 e. The van der Waals surface area contributed by atoms with Gasteiger partial charge in [0.25, 0.3) is 0 Å². The molecule has 8 nitrogen and oxygen atoms in total. The summed E-state index contributed by atoms with van der Waals surface area (Å²) in [5.41, 5.74) is 4.88. The molecule has 0 saturated carbocycles. The first-order valence-electron chi connectivity index (χ1n) is 11.2. The molecular weight excluding hydrogens is 402 g/mol. The van der Waals surface area contributed by atoms with Gasteiger partial charge in [0.05, 0.1) is 11.8 Å². The summed E-state index contributed by atoms with van der Waals surface area (Å²) in [5, 5.41) is 4.47. The number of ether oxygens (including phenoxy) is 1. The van der Waals surface area contributed by atoms with Gasteiger partial charge in [0.15, 0.2) is 11.2 Å². The summed E-state index contributed by atoms with van der Waals surface area (Å²) < 4.78 is 10.3. The van der Waals surface area contributed by atoms with Gasteiger partial charge in [-0.25, -0.2) is 9.97 Å². The third kappa shape index (κ3) is 3.54. The second kappa shape index (κ2) is 8.35. The second-order valence-electron chi connectivity index (χ2n) is 8.42. The Kier molecular flexibility index (Phi) is 5.38. The van der Waals surface area contributed by atoms with Gasteiger partial charge in [-0.15, -0.1) is 0 Å². The van der Waals surface area contributed by atoms with Crippen LogP contribution in [0.1, 0.15) is 37.6 Å². The summed E-state index contributed by atoms with van der Waals surface area (Å²) in [5.74, 6) is 1.38. The average Bonchev–Trinajstić information content (AvgIpc) is 3.52. The van der Waals surface area contributed by atoms with Crippen LogP contribution in [-0.2, 0) is 13.6 Å². The van der Waals surface area contributed by atoms with Crippen molar-refractivity contribution in [3.8, 4) is 17.3 Å². The van der Waals surface area contributed by atoms with E-state index in [1.54, 1.807) is 6.33 Å². The second-order valence-corrected chi connectivity index (χ2v) is 8.42. The summed E-state index contributed by atoms with van der Waals surface area (Å²) in [7, 11) is 1.98. The molecule has 1 unspecified atom stereocenters. The Morgan fingerprint density at radius 3 is 2.75 bits per heavy atom. The molecule has 0 radical (unpaired) electrons. The van der Waals surface area contributed by atoms with Crippen LogP contribution in [0.4, 0.5) is 0 Å². The molecule has 5 rings (SSSR count). The summed E-state index contributed by atoms with van der Waals surface area (Å²) in [4.78, 5) is 16.3. The van der Waals surface area contributed by atoms with E-state index in [4.69, 9.17) is 9.72 Å². The summed E-state index contributed by atoms with van der Waals surface area (Å²) in [6.07, 6.45) is 4.47. The summed E-state index contributed by atoms with van der Waals surface area (Å²) >= 11 is 0. The highest BCUT2D eigenvalue weighted by Gasteiger charge is 2.29. The highest BCUT2D eigenvalue weighted by atomic mass is 16.5. The first-order valence-corrected chi connectivity index (χ1v) is 11.2. The van der Waals surface area contributed by atoms with Gasteiger partial charge in [0.2, 0.25) is 5.88 Å². The Hall–Kier alpha value is -3.26. The first-order chi connectivity index (χ1) is 15.6. The highest BCUT2D eigenvalue weighted by Crippen LogP contribution is 2.31. The van der Waals surface area contributed by atoms with Crippen molar-refractivity contribution in [3.05, 3.63) is 54.1 Å². The molecule has 1 aliphatic rings. The molecule has 32 heavy (non-hydrogen) atoms. The van der Waals surface area contributed by atoms with Crippen molar-refractivity contribution >= 4 is 11.2 Å². The van der Waals surface area contributed by atoms with Crippen LogP contribution in [0.2, 0.25) is 0 Å². The normalized spacial score (nSPS) is 17.8. The molecule has 0 bridgehead atoms. The first kappa shape index (κ1) is 20.6. The molecule has 166 valence electrons. The number of hydrogen-bond donors (Lipinski definition) is 0. The Labute approximate surface area is 187 Å². The van der Waals surface area contributed by atoms with E-state index in [9.17, 15) is 0 Å². The van der Waals surface area contributed by atoms with Crippen LogP contribution in [0.5, 0.6) is 5.88 Å². The number of nitrogens with zero attached hydrogens (tertiary/aromatic N) is 7. The number of likely N-dealkylation sites (tertiary alicyclic amines) is 1. The molecule has 0 N–H and O–H groups in total. The Balaban J connectivity index is 1.39. The molecule has 1 saturated heterocycles. The van der Waals surface area contributed by atoms with Crippen molar-refractivity contribution in [3.63, 3.8) is 0 Å². The lowest BCUT2D eigenvalue weighted by Crippen LogP contribution is -2.27. The van der Waals surface area contributed by atoms with E-state index in [0.717, 1.165) is 48.8 Å². The topological polar surface area (TPSA) is 73.9 Å². The molecule has 0 spiro atoms. The monoisotopic (exact) mass is 431 g/mol. The van der Waals surface area contributed by atoms with E-state index in [1.807, 2.05) is 22.5 Å². The molecule has 4 aromatic rings. The zero-order chi connectivity index (χ0) is 22.2. The molecule has 4 heterocycles. The fourth-order valence-corrected chi connectivity index (χ4v) is 4.59. The molecule has 2 atom stereocenters. The van der Waals surface area contributed by atoms with Crippen molar-refractivity contribution in [2.75, 3.05) is 13.1 Å². The minimum absolute atomic E-state index is 0.0781.